The summed E-state index contributed by atoms with van der Waals surface area (Å²) in [4.78, 5) is 11.4. The van der Waals surface area contributed by atoms with Crippen molar-refractivity contribution in [3.05, 3.63) is 0 Å². The normalized spacial score (nSPS) is 44.1. The Bertz CT molecular complexity index is 174. The van der Waals surface area contributed by atoms with Crippen molar-refractivity contribution < 1.29 is 4.79 Å². The number of fused-ring (bicyclic) bond motifs is 1. The van der Waals surface area contributed by atoms with Gasteiger partial charge in [-0.25, -0.2) is 0 Å². The van der Waals surface area contributed by atoms with Crippen LogP contribution in [0, 0.1) is 17.8 Å². The van der Waals surface area contributed by atoms with Gasteiger partial charge < -0.3 is 0 Å². The Balaban J connectivity index is 2.13. The lowest BCUT2D eigenvalue weighted by molar-refractivity contribution is -0.126. The molecule has 0 heterocycles. The van der Waals surface area contributed by atoms with Crippen molar-refractivity contribution in [3.8, 4) is 0 Å². The van der Waals surface area contributed by atoms with Gasteiger partial charge in [0.15, 0.2) is 0 Å². The Kier molecular flexibility index (Phi) is 1.74. The van der Waals surface area contributed by atoms with E-state index in [2.05, 4.69) is 6.92 Å². The van der Waals surface area contributed by atoms with Crippen LogP contribution in [0.1, 0.15) is 39.0 Å². The molecule has 0 radical (unpaired) electrons. The van der Waals surface area contributed by atoms with Crippen molar-refractivity contribution in [3.63, 3.8) is 0 Å². The number of ketones is 1. The van der Waals surface area contributed by atoms with Crippen LogP contribution in [0.5, 0.6) is 0 Å². The highest BCUT2D eigenvalue weighted by molar-refractivity contribution is 5.82. The first-order valence-electron chi connectivity index (χ1n) is 4.82. The minimum atomic E-state index is 0.471. The van der Waals surface area contributed by atoms with E-state index in [9.17, 15) is 4.79 Å². The van der Waals surface area contributed by atoms with E-state index in [1.165, 1.54) is 19.3 Å². The van der Waals surface area contributed by atoms with Gasteiger partial charge in [0, 0.05) is 12.3 Å². The fourth-order valence-electron chi connectivity index (χ4n) is 2.85. The number of Topliss-reactive ketones (excluding diaryl/α,β-unsaturated/α-hetero) is 1. The Morgan fingerprint density at radius 2 is 2.09 bits per heavy atom. The number of hydrogen-bond donors (Lipinski definition) is 0. The lowest BCUT2D eigenvalue weighted by atomic mass is 9.78. The maximum atomic E-state index is 11.4. The molecule has 0 spiro atoms. The van der Waals surface area contributed by atoms with Crippen LogP contribution >= 0.6 is 0 Å². The minimum absolute atomic E-state index is 0.471. The predicted molar refractivity (Wildman–Crippen MR) is 44.2 cm³/mol. The highest BCUT2D eigenvalue weighted by Crippen LogP contribution is 2.43. The molecular weight excluding hydrogens is 136 g/mol. The average molecular weight is 152 g/mol. The molecule has 2 saturated carbocycles. The topological polar surface area (TPSA) is 17.1 Å². The molecule has 2 rings (SSSR count). The first-order valence-corrected chi connectivity index (χ1v) is 4.82. The summed E-state index contributed by atoms with van der Waals surface area (Å²) in [6, 6.07) is 0. The summed E-state index contributed by atoms with van der Waals surface area (Å²) in [5.41, 5.74) is 0. The van der Waals surface area contributed by atoms with Crippen LogP contribution in [-0.4, -0.2) is 5.78 Å². The standard InChI is InChI=1S/C10H16O/c1-7-5-6-9-8(7)3-2-4-10(9)11/h7-9H,2-6H2,1H3/t7?,8-,9+/m1/s1. The van der Waals surface area contributed by atoms with Gasteiger partial charge in [0.2, 0.25) is 0 Å². The maximum absolute atomic E-state index is 11.4. The molecule has 11 heavy (non-hydrogen) atoms. The highest BCUT2D eigenvalue weighted by Gasteiger charge is 2.39. The summed E-state index contributed by atoms with van der Waals surface area (Å²) in [6.45, 7) is 2.31. The van der Waals surface area contributed by atoms with Gasteiger partial charge in [-0.2, -0.15) is 0 Å². The Labute approximate surface area is 68.2 Å². The van der Waals surface area contributed by atoms with Gasteiger partial charge in [0.25, 0.3) is 0 Å². The molecule has 0 saturated heterocycles. The molecule has 2 aliphatic carbocycles. The zero-order chi connectivity index (χ0) is 7.84. The number of hydrogen-bond acceptors (Lipinski definition) is 1. The molecule has 0 aromatic heterocycles. The Morgan fingerprint density at radius 1 is 1.27 bits per heavy atom. The second kappa shape index (κ2) is 2.62. The summed E-state index contributed by atoms with van der Waals surface area (Å²) in [5.74, 6) is 2.62. The predicted octanol–water partition coefficient (Wildman–Crippen LogP) is 2.40. The smallest absolute Gasteiger partial charge is 0.136 e. The summed E-state index contributed by atoms with van der Waals surface area (Å²) in [6.07, 6.45) is 5.82. The first kappa shape index (κ1) is 7.33. The van der Waals surface area contributed by atoms with Crippen LogP contribution in [-0.2, 0) is 4.79 Å². The molecule has 0 bridgehead atoms. The van der Waals surface area contributed by atoms with E-state index in [-0.39, 0.29) is 0 Å². The van der Waals surface area contributed by atoms with Crippen LogP contribution in [0.4, 0.5) is 0 Å². The number of carbonyl (C=O) groups is 1. The van der Waals surface area contributed by atoms with Gasteiger partial charge in [0.05, 0.1) is 0 Å². The summed E-state index contributed by atoms with van der Waals surface area (Å²) in [7, 11) is 0. The van der Waals surface area contributed by atoms with Crippen LogP contribution in [0.2, 0.25) is 0 Å². The van der Waals surface area contributed by atoms with E-state index >= 15 is 0 Å². The molecule has 1 nitrogen and oxygen atoms in total. The van der Waals surface area contributed by atoms with Crippen molar-refractivity contribution in [1.29, 1.82) is 0 Å². The summed E-state index contributed by atoms with van der Waals surface area (Å²) in [5, 5.41) is 0. The third-order valence-electron chi connectivity index (χ3n) is 3.55. The van der Waals surface area contributed by atoms with Crippen molar-refractivity contribution in [2.24, 2.45) is 17.8 Å². The van der Waals surface area contributed by atoms with E-state index in [4.69, 9.17) is 0 Å². The quantitative estimate of drug-likeness (QED) is 0.521. The lowest BCUT2D eigenvalue weighted by Gasteiger charge is -2.26. The Hall–Kier alpha value is -0.330. The van der Waals surface area contributed by atoms with E-state index in [0.717, 1.165) is 24.7 Å². The lowest BCUT2D eigenvalue weighted by Crippen LogP contribution is -2.26. The molecule has 2 aliphatic rings. The number of rotatable bonds is 0. The van der Waals surface area contributed by atoms with Gasteiger partial charge in [0.1, 0.15) is 5.78 Å². The number of carbonyl (C=O) groups excluding carboxylic acids is 1. The second-order valence-electron chi connectivity index (χ2n) is 4.18. The molecular formula is C10H16O. The molecule has 62 valence electrons. The zero-order valence-corrected chi connectivity index (χ0v) is 7.18. The van der Waals surface area contributed by atoms with Gasteiger partial charge in [-0.1, -0.05) is 6.92 Å². The van der Waals surface area contributed by atoms with E-state index < -0.39 is 0 Å². The SMILES string of the molecule is CC1CC[C@@H]2C(=O)CCC[C@H]12. The second-order valence-corrected chi connectivity index (χ2v) is 4.18. The molecule has 1 heteroatoms. The molecule has 2 fully saturated rings. The van der Waals surface area contributed by atoms with Gasteiger partial charge >= 0.3 is 0 Å². The van der Waals surface area contributed by atoms with Gasteiger partial charge in [-0.3, -0.25) is 4.79 Å². The fraction of sp³-hybridized carbons (Fsp3) is 0.900. The minimum Gasteiger partial charge on any atom is -0.299 e. The zero-order valence-electron chi connectivity index (χ0n) is 7.18. The molecule has 3 atom stereocenters. The molecule has 0 amide bonds. The van der Waals surface area contributed by atoms with Crippen LogP contribution in [0.15, 0.2) is 0 Å². The van der Waals surface area contributed by atoms with E-state index in [0.29, 0.717) is 11.7 Å². The van der Waals surface area contributed by atoms with Crippen molar-refractivity contribution in [1.82, 2.24) is 0 Å². The highest BCUT2D eigenvalue weighted by atomic mass is 16.1. The third-order valence-corrected chi connectivity index (χ3v) is 3.55. The van der Waals surface area contributed by atoms with Crippen molar-refractivity contribution in [2.75, 3.05) is 0 Å². The van der Waals surface area contributed by atoms with E-state index in [1.807, 2.05) is 0 Å². The molecule has 0 aliphatic heterocycles. The maximum Gasteiger partial charge on any atom is 0.136 e. The summed E-state index contributed by atoms with van der Waals surface area (Å²) >= 11 is 0. The van der Waals surface area contributed by atoms with Gasteiger partial charge in [-0.05, 0) is 37.5 Å². The largest absolute Gasteiger partial charge is 0.299 e. The molecule has 0 aromatic carbocycles. The fourth-order valence-corrected chi connectivity index (χ4v) is 2.85. The molecule has 0 aromatic rings. The average Bonchev–Trinajstić information content (AvgIpc) is 2.35. The van der Waals surface area contributed by atoms with Crippen LogP contribution < -0.4 is 0 Å². The molecule has 1 unspecified atom stereocenters. The molecule has 0 N–H and O–H groups in total. The first-order chi connectivity index (χ1) is 5.29. The van der Waals surface area contributed by atoms with Crippen molar-refractivity contribution in [2.45, 2.75) is 39.0 Å². The summed E-state index contributed by atoms with van der Waals surface area (Å²) < 4.78 is 0. The van der Waals surface area contributed by atoms with Crippen LogP contribution in [0.3, 0.4) is 0 Å². The van der Waals surface area contributed by atoms with Crippen molar-refractivity contribution >= 4 is 5.78 Å². The van der Waals surface area contributed by atoms with Gasteiger partial charge in [-0.15, -0.1) is 0 Å². The van der Waals surface area contributed by atoms with E-state index in [1.54, 1.807) is 0 Å². The van der Waals surface area contributed by atoms with Crippen LogP contribution in [0.25, 0.3) is 0 Å². The monoisotopic (exact) mass is 152 g/mol. The Morgan fingerprint density at radius 3 is 2.82 bits per heavy atom. The third kappa shape index (κ3) is 1.11.